The first-order chi connectivity index (χ1) is 7.31. The van der Waals surface area contributed by atoms with Gasteiger partial charge in [0.1, 0.15) is 0 Å². The van der Waals surface area contributed by atoms with Crippen LogP contribution in [-0.2, 0) is 0 Å². The fraction of sp³-hybridized carbons (Fsp3) is 0.500. The molecule has 0 spiro atoms. The Morgan fingerprint density at radius 3 is 3.13 bits per heavy atom. The van der Waals surface area contributed by atoms with Crippen LogP contribution in [0.3, 0.4) is 0 Å². The lowest BCUT2D eigenvalue weighted by Crippen LogP contribution is -2.51. The van der Waals surface area contributed by atoms with E-state index in [0.717, 1.165) is 19.6 Å². The molecule has 3 heteroatoms. The maximum absolute atomic E-state index is 3.46. The first-order valence-corrected chi connectivity index (χ1v) is 6.62. The topological polar surface area (TPSA) is 15.3 Å². The summed E-state index contributed by atoms with van der Waals surface area (Å²) >= 11 is 2.38. The molecule has 1 aromatic rings. The Bertz CT molecular complexity index is 327. The number of piperazine rings is 1. The third kappa shape index (κ3) is 2.64. The molecule has 0 saturated carbocycles. The van der Waals surface area contributed by atoms with Crippen LogP contribution in [-0.4, -0.2) is 25.7 Å². The minimum absolute atomic E-state index is 0.650. The molecule has 1 saturated heterocycles. The Balaban J connectivity index is 2.20. The van der Waals surface area contributed by atoms with Crippen molar-refractivity contribution in [1.82, 2.24) is 5.32 Å². The van der Waals surface area contributed by atoms with Crippen LogP contribution in [0.1, 0.15) is 13.3 Å². The Kier molecular flexibility index (Phi) is 3.86. The third-order valence-corrected chi connectivity index (χ3v) is 3.63. The van der Waals surface area contributed by atoms with Crippen molar-refractivity contribution in [2.45, 2.75) is 19.4 Å². The molecule has 0 bridgehead atoms. The first kappa shape index (κ1) is 11.2. The van der Waals surface area contributed by atoms with Gasteiger partial charge in [-0.15, -0.1) is 0 Å². The normalized spacial score (nSPS) is 21.7. The van der Waals surface area contributed by atoms with Gasteiger partial charge in [0.15, 0.2) is 0 Å². The second-order valence-electron chi connectivity index (χ2n) is 3.94. The van der Waals surface area contributed by atoms with E-state index in [2.05, 4.69) is 64.0 Å². The van der Waals surface area contributed by atoms with Crippen LogP contribution in [0.2, 0.25) is 0 Å². The minimum Gasteiger partial charge on any atom is -0.366 e. The van der Waals surface area contributed by atoms with Crippen molar-refractivity contribution in [3.63, 3.8) is 0 Å². The largest absolute Gasteiger partial charge is 0.366 e. The molecule has 1 aliphatic heterocycles. The van der Waals surface area contributed by atoms with Gasteiger partial charge in [0.25, 0.3) is 0 Å². The Morgan fingerprint density at radius 2 is 2.40 bits per heavy atom. The van der Waals surface area contributed by atoms with E-state index in [4.69, 9.17) is 0 Å². The Morgan fingerprint density at radius 1 is 1.53 bits per heavy atom. The molecule has 1 unspecified atom stereocenters. The summed E-state index contributed by atoms with van der Waals surface area (Å²) in [6.07, 6.45) is 1.21. The number of nitrogens with one attached hydrogen (secondary N) is 1. The number of anilines is 1. The highest BCUT2D eigenvalue weighted by atomic mass is 127. The standard InChI is InChI=1S/C12H17IN2/c1-2-11-9-14-6-7-15(11)12-5-3-4-10(13)8-12/h3-5,8,11,14H,2,6-7,9H2,1H3. The van der Waals surface area contributed by atoms with E-state index in [-0.39, 0.29) is 0 Å². The molecule has 1 aliphatic rings. The van der Waals surface area contributed by atoms with E-state index in [1.54, 1.807) is 0 Å². The van der Waals surface area contributed by atoms with Gasteiger partial charge in [-0.25, -0.2) is 0 Å². The van der Waals surface area contributed by atoms with E-state index in [0.29, 0.717) is 6.04 Å². The highest BCUT2D eigenvalue weighted by molar-refractivity contribution is 14.1. The van der Waals surface area contributed by atoms with E-state index in [9.17, 15) is 0 Å². The number of hydrogen-bond donors (Lipinski definition) is 1. The molecule has 1 aromatic carbocycles. The van der Waals surface area contributed by atoms with E-state index in [1.165, 1.54) is 15.7 Å². The molecule has 2 rings (SSSR count). The predicted octanol–water partition coefficient (Wildman–Crippen LogP) is 2.48. The molecule has 82 valence electrons. The van der Waals surface area contributed by atoms with Gasteiger partial charge >= 0.3 is 0 Å². The fourth-order valence-electron chi connectivity index (χ4n) is 2.12. The van der Waals surface area contributed by atoms with Crippen LogP contribution in [0.4, 0.5) is 5.69 Å². The highest BCUT2D eigenvalue weighted by Gasteiger charge is 2.20. The van der Waals surface area contributed by atoms with Gasteiger partial charge in [-0.1, -0.05) is 13.0 Å². The lowest BCUT2D eigenvalue weighted by molar-refractivity contribution is 0.466. The zero-order valence-corrected chi connectivity index (χ0v) is 11.2. The second-order valence-corrected chi connectivity index (χ2v) is 5.19. The Hall–Kier alpha value is -0.290. The summed E-state index contributed by atoms with van der Waals surface area (Å²) in [6.45, 7) is 5.60. The van der Waals surface area contributed by atoms with Gasteiger partial charge < -0.3 is 10.2 Å². The van der Waals surface area contributed by atoms with Crippen molar-refractivity contribution in [2.24, 2.45) is 0 Å². The maximum Gasteiger partial charge on any atom is 0.0412 e. The summed E-state index contributed by atoms with van der Waals surface area (Å²) in [5, 5.41) is 3.46. The minimum atomic E-state index is 0.650. The molecular weight excluding hydrogens is 299 g/mol. The van der Waals surface area contributed by atoms with E-state index < -0.39 is 0 Å². The number of rotatable bonds is 2. The average Bonchev–Trinajstić information content (AvgIpc) is 2.29. The van der Waals surface area contributed by atoms with Crippen LogP contribution in [0.5, 0.6) is 0 Å². The highest BCUT2D eigenvalue weighted by Crippen LogP contribution is 2.21. The monoisotopic (exact) mass is 316 g/mol. The maximum atomic E-state index is 3.46. The molecule has 15 heavy (non-hydrogen) atoms. The van der Waals surface area contributed by atoms with Crippen LogP contribution >= 0.6 is 22.6 Å². The first-order valence-electron chi connectivity index (χ1n) is 5.54. The summed E-state index contributed by atoms with van der Waals surface area (Å²) in [5.74, 6) is 0. The lowest BCUT2D eigenvalue weighted by Gasteiger charge is -2.37. The SMILES string of the molecule is CCC1CNCCN1c1cccc(I)c1. The van der Waals surface area contributed by atoms with Crippen LogP contribution in [0.25, 0.3) is 0 Å². The quantitative estimate of drug-likeness (QED) is 0.844. The van der Waals surface area contributed by atoms with Gasteiger partial charge in [-0.05, 0) is 47.2 Å². The van der Waals surface area contributed by atoms with E-state index >= 15 is 0 Å². The summed E-state index contributed by atoms with van der Waals surface area (Å²) in [6, 6.07) is 9.43. The van der Waals surface area contributed by atoms with Gasteiger partial charge in [0.05, 0.1) is 0 Å². The van der Waals surface area contributed by atoms with Crippen molar-refractivity contribution < 1.29 is 0 Å². The van der Waals surface area contributed by atoms with Crippen LogP contribution < -0.4 is 10.2 Å². The van der Waals surface area contributed by atoms with Crippen LogP contribution in [0, 0.1) is 3.57 Å². The molecule has 0 amide bonds. The fourth-order valence-corrected chi connectivity index (χ4v) is 2.65. The van der Waals surface area contributed by atoms with Crippen molar-refractivity contribution in [1.29, 1.82) is 0 Å². The number of hydrogen-bond acceptors (Lipinski definition) is 2. The third-order valence-electron chi connectivity index (χ3n) is 2.96. The molecule has 0 aliphatic carbocycles. The molecular formula is C12H17IN2. The molecule has 2 nitrogen and oxygen atoms in total. The molecule has 0 aromatic heterocycles. The van der Waals surface area contributed by atoms with Gasteiger partial charge in [-0.3, -0.25) is 0 Å². The lowest BCUT2D eigenvalue weighted by atomic mass is 10.1. The second kappa shape index (κ2) is 5.16. The van der Waals surface area contributed by atoms with Crippen molar-refractivity contribution in [3.05, 3.63) is 27.8 Å². The molecule has 1 heterocycles. The van der Waals surface area contributed by atoms with Crippen molar-refractivity contribution >= 4 is 28.3 Å². The van der Waals surface area contributed by atoms with Gasteiger partial charge in [-0.2, -0.15) is 0 Å². The summed E-state index contributed by atoms with van der Waals surface area (Å²) in [4.78, 5) is 2.53. The smallest absolute Gasteiger partial charge is 0.0412 e. The van der Waals surface area contributed by atoms with Crippen molar-refractivity contribution in [3.8, 4) is 0 Å². The molecule has 0 radical (unpaired) electrons. The Labute approximate surface area is 105 Å². The van der Waals surface area contributed by atoms with Gasteiger partial charge in [0, 0.05) is 34.9 Å². The van der Waals surface area contributed by atoms with Gasteiger partial charge in [0.2, 0.25) is 0 Å². The zero-order chi connectivity index (χ0) is 10.7. The zero-order valence-electron chi connectivity index (χ0n) is 9.04. The predicted molar refractivity (Wildman–Crippen MR) is 73.5 cm³/mol. The number of benzene rings is 1. The van der Waals surface area contributed by atoms with Crippen LogP contribution in [0.15, 0.2) is 24.3 Å². The van der Waals surface area contributed by atoms with E-state index in [1.807, 2.05) is 0 Å². The molecule has 1 N–H and O–H groups in total. The van der Waals surface area contributed by atoms with Crippen molar-refractivity contribution in [2.75, 3.05) is 24.5 Å². The summed E-state index contributed by atoms with van der Waals surface area (Å²) in [5.41, 5.74) is 1.37. The molecule has 1 fully saturated rings. The molecule has 1 atom stereocenters. The summed E-state index contributed by atoms with van der Waals surface area (Å²) in [7, 11) is 0. The number of nitrogens with zero attached hydrogens (tertiary/aromatic N) is 1. The number of halogens is 1. The average molecular weight is 316 g/mol. The summed E-state index contributed by atoms with van der Waals surface area (Å²) < 4.78 is 1.32.